The molecular weight excluding hydrogens is 430 g/mol. The molecule has 1 atom stereocenters. The van der Waals surface area contributed by atoms with E-state index in [9.17, 15) is 13.2 Å². The zero-order chi connectivity index (χ0) is 17.5. The highest BCUT2D eigenvalue weighted by Gasteiger charge is 2.62. The van der Waals surface area contributed by atoms with Crippen molar-refractivity contribution in [2.24, 2.45) is 5.16 Å². The van der Waals surface area contributed by atoms with Crippen LogP contribution in [-0.4, -0.2) is 11.9 Å². The second-order valence-electron chi connectivity index (χ2n) is 5.30. The van der Waals surface area contributed by atoms with Crippen molar-refractivity contribution in [1.29, 1.82) is 0 Å². The van der Waals surface area contributed by atoms with Gasteiger partial charge in [0.05, 0.1) is 5.71 Å². The summed E-state index contributed by atoms with van der Waals surface area (Å²) < 4.78 is 42.3. The van der Waals surface area contributed by atoms with Crippen molar-refractivity contribution in [3.05, 3.63) is 68.1 Å². The van der Waals surface area contributed by atoms with E-state index < -0.39 is 18.2 Å². The third-order valence-electron chi connectivity index (χ3n) is 3.67. The second kappa shape index (κ2) is 6.24. The Hall–Kier alpha value is -1.24. The van der Waals surface area contributed by atoms with Crippen molar-refractivity contribution in [2.75, 3.05) is 0 Å². The van der Waals surface area contributed by atoms with Crippen molar-refractivity contribution < 1.29 is 18.0 Å². The zero-order valence-electron chi connectivity index (χ0n) is 11.9. The molecule has 2 nitrogen and oxygen atoms in total. The SMILES string of the molecule is FC(F)(F)[C@@]1(c2cc(Cl)cc(Cl)c2)CC(c2cccc(Br)c2)=NO1. The maximum atomic E-state index is 13.8. The van der Waals surface area contributed by atoms with Crippen LogP contribution in [0.1, 0.15) is 17.5 Å². The summed E-state index contributed by atoms with van der Waals surface area (Å²) in [4.78, 5) is 4.94. The molecule has 0 amide bonds. The fourth-order valence-electron chi connectivity index (χ4n) is 2.51. The summed E-state index contributed by atoms with van der Waals surface area (Å²) in [5, 5.41) is 3.89. The molecule has 1 aliphatic rings. The minimum atomic E-state index is -4.70. The maximum absolute atomic E-state index is 13.8. The Morgan fingerprint density at radius 2 is 1.75 bits per heavy atom. The van der Waals surface area contributed by atoms with Crippen LogP contribution in [0.15, 0.2) is 52.1 Å². The molecule has 1 heterocycles. The van der Waals surface area contributed by atoms with Gasteiger partial charge < -0.3 is 4.84 Å². The zero-order valence-corrected chi connectivity index (χ0v) is 15.0. The predicted molar refractivity (Wildman–Crippen MR) is 90.6 cm³/mol. The average Bonchev–Trinajstić information content (AvgIpc) is 2.92. The minimum absolute atomic E-state index is 0.0978. The lowest BCUT2D eigenvalue weighted by Gasteiger charge is -2.29. The molecule has 8 heteroatoms. The number of alkyl halides is 3. The smallest absolute Gasteiger partial charge is 0.374 e. The van der Waals surface area contributed by atoms with Crippen molar-refractivity contribution in [2.45, 2.75) is 18.2 Å². The van der Waals surface area contributed by atoms with Crippen LogP contribution in [0.2, 0.25) is 10.0 Å². The van der Waals surface area contributed by atoms with Gasteiger partial charge in [0.1, 0.15) is 0 Å². The topological polar surface area (TPSA) is 21.6 Å². The summed E-state index contributed by atoms with van der Waals surface area (Å²) >= 11 is 15.0. The van der Waals surface area contributed by atoms with E-state index in [0.29, 0.717) is 5.56 Å². The molecule has 0 N–H and O–H groups in total. The molecule has 0 radical (unpaired) electrons. The third-order valence-corrected chi connectivity index (χ3v) is 4.60. The van der Waals surface area contributed by atoms with Gasteiger partial charge in [0.15, 0.2) is 0 Å². The largest absolute Gasteiger partial charge is 0.435 e. The highest BCUT2D eigenvalue weighted by molar-refractivity contribution is 9.10. The molecule has 3 rings (SSSR count). The van der Waals surface area contributed by atoms with Gasteiger partial charge in [-0.05, 0) is 30.3 Å². The van der Waals surface area contributed by atoms with Crippen molar-refractivity contribution >= 4 is 44.8 Å². The predicted octanol–water partition coefficient (Wildman–Crippen LogP) is 6.34. The number of halogens is 6. The maximum Gasteiger partial charge on any atom is 0.435 e. The van der Waals surface area contributed by atoms with Gasteiger partial charge >= 0.3 is 6.18 Å². The van der Waals surface area contributed by atoms with Gasteiger partial charge in [0.25, 0.3) is 5.60 Å². The Morgan fingerprint density at radius 1 is 1.08 bits per heavy atom. The molecule has 0 aliphatic carbocycles. The molecule has 24 heavy (non-hydrogen) atoms. The van der Waals surface area contributed by atoms with E-state index in [-0.39, 0.29) is 21.3 Å². The van der Waals surface area contributed by atoms with Crippen LogP contribution >= 0.6 is 39.1 Å². The Bertz CT molecular complexity index is 805. The quantitative estimate of drug-likeness (QED) is 0.536. The molecule has 126 valence electrons. The molecular formula is C16H9BrCl2F3NO. The normalized spacial score (nSPS) is 20.7. The fourth-order valence-corrected chi connectivity index (χ4v) is 3.44. The van der Waals surface area contributed by atoms with E-state index in [4.69, 9.17) is 28.0 Å². The van der Waals surface area contributed by atoms with E-state index in [1.807, 2.05) is 0 Å². The van der Waals surface area contributed by atoms with E-state index in [1.165, 1.54) is 18.2 Å². The number of hydrogen-bond acceptors (Lipinski definition) is 2. The molecule has 0 saturated heterocycles. The van der Waals surface area contributed by atoms with Gasteiger partial charge in [-0.25, -0.2) is 0 Å². The van der Waals surface area contributed by atoms with Crippen LogP contribution in [-0.2, 0) is 10.4 Å². The standard InChI is InChI=1S/C16H9BrCl2F3NO/c17-11-3-1-2-9(4-11)14-8-15(24-23-14,16(20,21)22)10-5-12(18)7-13(19)6-10/h1-7H,8H2/t15-/m0/s1. The first-order valence-corrected chi connectivity index (χ1v) is 8.30. The molecule has 2 aromatic rings. The summed E-state index contributed by atoms with van der Waals surface area (Å²) in [7, 11) is 0. The van der Waals surface area contributed by atoms with Gasteiger partial charge in [0, 0.05) is 32.1 Å². The van der Waals surface area contributed by atoms with Gasteiger partial charge in [-0.3, -0.25) is 0 Å². The fraction of sp³-hybridized carbons (Fsp3) is 0.188. The summed E-state index contributed by atoms with van der Waals surface area (Å²) in [6.45, 7) is 0. The van der Waals surface area contributed by atoms with Crippen LogP contribution in [0, 0.1) is 0 Å². The molecule has 0 bridgehead atoms. The van der Waals surface area contributed by atoms with Crippen LogP contribution in [0.5, 0.6) is 0 Å². The Kier molecular flexibility index (Phi) is 4.57. The molecule has 0 aromatic heterocycles. The molecule has 0 unspecified atom stereocenters. The van der Waals surface area contributed by atoms with E-state index in [2.05, 4.69) is 21.1 Å². The third kappa shape index (κ3) is 3.15. The number of benzene rings is 2. The molecule has 0 fully saturated rings. The van der Waals surface area contributed by atoms with Crippen molar-refractivity contribution in [1.82, 2.24) is 0 Å². The van der Waals surface area contributed by atoms with Gasteiger partial charge in [-0.15, -0.1) is 0 Å². The summed E-state index contributed by atoms with van der Waals surface area (Å²) in [6, 6.07) is 10.6. The van der Waals surface area contributed by atoms with E-state index in [1.54, 1.807) is 24.3 Å². The van der Waals surface area contributed by atoms with Gasteiger partial charge in [-0.2, -0.15) is 13.2 Å². The number of hydrogen-bond donors (Lipinski definition) is 0. The Labute approximate surface area is 154 Å². The molecule has 0 spiro atoms. The Morgan fingerprint density at radius 3 is 2.33 bits per heavy atom. The first-order valence-electron chi connectivity index (χ1n) is 6.75. The number of nitrogens with zero attached hydrogens (tertiary/aromatic N) is 1. The second-order valence-corrected chi connectivity index (χ2v) is 7.09. The number of oxime groups is 1. The first-order chi connectivity index (χ1) is 11.2. The highest BCUT2D eigenvalue weighted by Crippen LogP contribution is 2.49. The lowest BCUT2D eigenvalue weighted by molar-refractivity contribution is -0.275. The van der Waals surface area contributed by atoms with Crippen LogP contribution in [0.4, 0.5) is 13.2 Å². The summed E-state index contributed by atoms with van der Waals surface area (Å²) in [5.41, 5.74) is -2.05. The van der Waals surface area contributed by atoms with Crippen LogP contribution < -0.4 is 0 Å². The molecule has 0 saturated carbocycles. The molecule has 1 aliphatic heterocycles. The highest BCUT2D eigenvalue weighted by atomic mass is 79.9. The van der Waals surface area contributed by atoms with E-state index in [0.717, 1.165) is 4.47 Å². The first kappa shape index (κ1) is 17.6. The van der Waals surface area contributed by atoms with Crippen LogP contribution in [0.3, 0.4) is 0 Å². The lowest BCUT2D eigenvalue weighted by atomic mass is 9.86. The lowest BCUT2D eigenvalue weighted by Crippen LogP contribution is -2.42. The minimum Gasteiger partial charge on any atom is -0.374 e. The Balaban J connectivity index is 2.05. The monoisotopic (exact) mass is 437 g/mol. The average molecular weight is 439 g/mol. The summed E-state index contributed by atoms with van der Waals surface area (Å²) in [6.07, 6.45) is -5.16. The summed E-state index contributed by atoms with van der Waals surface area (Å²) in [5.74, 6) is 0. The van der Waals surface area contributed by atoms with E-state index >= 15 is 0 Å². The van der Waals surface area contributed by atoms with Gasteiger partial charge in [-0.1, -0.05) is 56.4 Å². The van der Waals surface area contributed by atoms with Gasteiger partial charge in [0.2, 0.25) is 0 Å². The molecule has 2 aromatic carbocycles. The van der Waals surface area contributed by atoms with Crippen LogP contribution in [0.25, 0.3) is 0 Å². The van der Waals surface area contributed by atoms with Crippen molar-refractivity contribution in [3.8, 4) is 0 Å². The van der Waals surface area contributed by atoms with Crippen molar-refractivity contribution in [3.63, 3.8) is 0 Å². The number of rotatable bonds is 2.